The van der Waals surface area contributed by atoms with Crippen LogP contribution in [-0.2, 0) is 9.59 Å². The van der Waals surface area contributed by atoms with E-state index >= 15 is 0 Å². The number of hydrogen-bond acceptors (Lipinski definition) is 3. The topological polar surface area (TPSA) is 54.4 Å². The number of hydrogen-bond donors (Lipinski definition) is 1. The number of carbonyl (C=O) groups excluding carboxylic acids is 2. The lowest BCUT2D eigenvalue weighted by molar-refractivity contribution is -0.119. The lowest BCUT2D eigenvalue weighted by Crippen LogP contribution is -2.28. The molecule has 1 aliphatic rings. The van der Waals surface area contributed by atoms with Crippen molar-refractivity contribution in [3.63, 3.8) is 0 Å². The van der Waals surface area contributed by atoms with Crippen molar-refractivity contribution in [1.29, 1.82) is 0 Å². The molecule has 0 radical (unpaired) electrons. The summed E-state index contributed by atoms with van der Waals surface area (Å²) in [7, 11) is 0. The zero-order chi connectivity index (χ0) is 8.32. The lowest BCUT2D eigenvalue weighted by Gasteiger charge is -2.17. The van der Waals surface area contributed by atoms with Gasteiger partial charge in [-0.3, -0.25) is 9.59 Å². The van der Waals surface area contributed by atoms with E-state index < -0.39 is 5.60 Å². The highest BCUT2D eigenvalue weighted by atomic mass is 16.3. The fourth-order valence-electron chi connectivity index (χ4n) is 0.833. The molecule has 0 saturated heterocycles. The van der Waals surface area contributed by atoms with E-state index in [-0.39, 0.29) is 6.42 Å². The van der Waals surface area contributed by atoms with Crippen LogP contribution in [0.3, 0.4) is 0 Å². The summed E-state index contributed by atoms with van der Waals surface area (Å²) in [4.78, 5) is 20.4. The molecule has 0 saturated carbocycles. The minimum absolute atomic E-state index is 0.182. The average Bonchev–Trinajstić information content (AvgIpc) is 2.06. The summed E-state index contributed by atoms with van der Waals surface area (Å²) in [6, 6.07) is 0. The van der Waals surface area contributed by atoms with Gasteiger partial charge >= 0.3 is 0 Å². The number of carbonyl (C=O) groups is 2. The van der Waals surface area contributed by atoms with Crippen LogP contribution in [0.25, 0.3) is 0 Å². The highest BCUT2D eigenvalue weighted by Gasteiger charge is 2.23. The molecule has 3 heteroatoms. The minimum atomic E-state index is -1.40. The standard InChI is InChI=1S/C8H8O3/c9-5-7-1-3-8(11,6-10)4-2-7/h1-3,5-6,11H,4H2. The van der Waals surface area contributed by atoms with Crippen molar-refractivity contribution in [2.75, 3.05) is 0 Å². The molecule has 0 heterocycles. The fraction of sp³-hybridized carbons (Fsp3) is 0.250. The molecule has 3 nitrogen and oxygen atoms in total. The Labute approximate surface area is 64.0 Å². The van der Waals surface area contributed by atoms with Crippen molar-refractivity contribution in [3.05, 3.63) is 23.8 Å². The maximum atomic E-state index is 10.3. The number of allylic oxidation sites excluding steroid dienone is 2. The molecule has 1 atom stereocenters. The molecule has 0 aromatic carbocycles. The Morgan fingerprint density at radius 2 is 2.27 bits per heavy atom. The van der Waals surface area contributed by atoms with Gasteiger partial charge in [0.2, 0.25) is 0 Å². The van der Waals surface area contributed by atoms with Gasteiger partial charge in [-0.15, -0.1) is 0 Å². The molecule has 1 rings (SSSR count). The average molecular weight is 152 g/mol. The Morgan fingerprint density at radius 3 is 2.64 bits per heavy atom. The molecule has 0 aromatic heterocycles. The zero-order valence-electron chi connectivity index (χ0n) is 5.86. The molecule has 0 amide bonds. The van der Waals surface area contributed by atoms with Crippen molar-refractivity contribution in [2.24, 2.45) is 0 Å². The predicted molar refractivity (Wildman–Crippen MR) is 38.9 cm³/mol. The van der Waals surface area contributed by atoms with E-state index in [0.29, 0.717) is 18.1 Å². The third-order valence-electron chi connectivity index (χ3n) is 1.57. The molecule has 58 valence electrons. The number of aliphatic hydroxyl groups is 1. The number of rotatable bonds is 2. The summed E-state index contributed by atoms with van der Waals surface area (Å²) < 4.78 is 0. The van der Waals surface area contributed by atoms with Gasteiger partial charge in [0.1, 0.15) is 11.9 Å². The first-order valence-corrected chi connectivity index (χ1v) is 3.23. The summed E-state index contributed by atoms with van der Waals surface area (Å²) >= 11 is 0. The maximum Gasteiger partial charge on any atom is 0.155 e. The van der Waals surface area contributed by atoms with Crippen LogP contribution in [0, 0.1) is 0 Å². The van der Waals surface area contributed by atoms with Crippen LogP contribution in [0.15, 0.2) is 23.8 Å². The second kappa shape index (κ2) is 2.80. The Hall–Kier alpha value is -1.22. The van der Waals surface area contributed by atoms with Gasteiger partial charge in [0, 0.05) is 12.0 Å². The Kier molecular flexibility index (Phi) is 2.01. The number of aldehydes is 2. The van der Waals surface area contributed by atoms with Crippen LogP contribution >= 0.6 is 0 Å². The van der Waals surface area contributed by atoms with Crippen molar-refractivity contribution in [1.82, 2.24) is 0 Å². The molecule has 1 unspecified atom stereocenters. The molecule has 0 fully saturated rings. The molecule has 1 aliphatic carbocycles. The first-order chi connectivity index (χ1) is 5.20. The second-order valence-electron chi connectivity index (χ2n) is 2.47. The summed E-state index contributed by atoms with van der Waals surface area (Å²) in [6.45, 7) is 0. The van der Waals surface area contributed by atoms with E-state index in [4.69, 9.17) is 0 Å². The largest absolute Gasteiger partial charge is 0.378 e. The third kappa shape index (κ3) is 1.62. The van der Waals surface area contributed by atoms with Gasteiger partial charge in [0.25, 0.3) is 0 Å². The molecule has 1 N–H and O–H groups in total. The van der Waals surface area contributed by atoms with Crippen molar-refractivity contribution < 1.29 is 14.7 Å². The molecule has 0 spiro atoms. The van der Waals surface area contributed by atoms with Crippen LogP contribution in [0.5, 0.6) is 0 Å². The van der Waals surface area contributed by atoms with Crippen LogP contribution in [-0.4, -0.2) is 23.3 Å². The quantitative estimate of drug-likeness (QED) is 0.567. The van der Waals surface area contributed by atoms with Gasteiger partial charge in [0.05, 0.1) is 0 Å². The van der Waals surface area contributed by atoms with Crippen LogP contribution in [0.2, 0.25) is 0 Å². The van der Waals surface area contributed by atoms with E-state index in [1.165, 1.54) is 18.2 Å². The SMILES string of the molecule is O=CC1=CCC(O)(C=O)C=C1. The molecule has 0 aliphatic heterocycles. The molecule has 0 bridgehead atoms. The van der Waals surface area contributed by atoms with E-state index in [9.17, 15) is 14.7 Å². The van der Waals surface area contributed by atoms with Crippen LogP contribution < -0.4 is 0 Å². The van der Waals surface area contributed by atoms with Gasteiger partial charge in [0.15, 0.2) is 6.29 Å². The second-order valence-corrected chi connectivity index (χ2v) is 2.47. The van der Waals surface area contributed by atoms with Gasteiger partial charge in [-0.05, 0) is 6.08 Å². The first-order valence-electron chi connectivity index (χ1n) is 3.23. The first kappa shape index (κ1) is 7.88. The maximum absolute atomic E-state index is 10.3. The monoisotopic (exact) mass is 152 g/mol. The summed E-state index contributed by atoms with van der Waals surface area (Å²) in [5, 5.41) is 9.28. The lowest BCUT2D eigenvalue weighted by atomic mass is 9.94. The Balaban J connectivity index is 2.78. The fourth-order valence-corrected chi connectivity index (χ4v) is 0.833. The minimum Gasteiger partial charge on any atom is -0.378 e. The molecule has 11 heavy (non-hydrogen) atoms. The van der Waals surface area contributed by atoms with E-state index in [2.05, 4.69) is 0 Å². The molecular weight excluding hydrogens is 144 g/mol. The summed E-state index contributed by atoms with van der Waals surface area (Å²) in [5.41, 5.74) is -0.900. The van der Waals surface area contributed by atoms with Crippen molar-refractivity contribution in [3.8, 4) is 0 Å². The predicted octanol–water partition coefficient (Wildman–Crippen LogP) is 0.00160. The van der Waals surface area contributed by atoms with E-state index in [0.717, 1.165) is 0 Å². The molecular formula is C8H8O3. The Bertz CT molecular complexity index is 240. The highest BCUT2D eigenvalue weighted by Crippen LogP contribution is 2.17. The molecule has 0 aromatic rings. The van der Waals surface area contributed by atoms with Crippen molar-refractivity contribution >= 4 is 12.6 Å². The van der Waals surface area contributed by atoms with Gasteiger partial charge in [-0.2, -0.15) is 0 Å². The van der Waals surface area contributed by atoms with Crippen molar-refractivity contribution in [2.45, 2.75) is 12.0 Å². The Morgan fingerprint density at radius 1 is 1.55 bits per heavy atom. The smallest absolute Gasteiger partial charge is 0.155 e. The van der Waals surface area contributed by atoms with Crippen LogP contribution in [0.4, 0.5) is 0 Å². The summed E-state index contributed by atoms with van der Waals surface area (Å²) in [5.74, 6) is 0. The van der Waals surface area contributed by atoms with Gasteiger partial charge in [-0.1, -0.05) is 12.2 Å². The normalized spacial score (nSPS) is 29.4. The third-order valence-corrected chi connectivity index (χ3v) is 1.57. The van der Waals surface area contributed by atoms with Crippen LogP contribution in [0.1, 0.15) is 6.42 Å². The van der Waals surface area contributed by atoms with E-state index in [1.807, 2.05) is 0 Å². The van der Waals surface area contributed by atoms with E-state index in [1.54, 1.807) is 0 Å². The highest BCUT2D eigenvalue weighted by molar-refractivity contribution is 5.80. The van der Waals surface area contributed by atoms with Gasteiger partial charge < -0.3 is 5.11 Å². The summed E-state index contributed by atoms with van der Waals surface area (Å²) in [6.07, 6.45) is 5.61. The zero-order valence-corrected chi connectivity index (χ0v) is 5.86. The van der Waals surface area contributed by atoms with Gasteiger partial charge in [-0.25, -0.2) is 0 Å².